The van der Waals surface area contributed by atoms with E-state index in [9.17, 15) is 19.5 Å². The molecule has 162 valence electrons. The highest BCUT2D eigenvalue weighted by molar-refractivity contribution is 5.92. The summed E-state index contributed by atoms with van der Waals surface area (Å²) in [4.78, 5) is 35.3. The molecule has 0 unspecified atom stereocenters. The number of carbonyl (C=O) groups is 2. The second-order valence-corrected chi connectivity index (χ2v) is 8.00. The number of hydrogen-bond donors (Lipinski definition) is 1. The largest absolute Gasteiger partial charge is 0.548 e. The molecule has 0 bridgehead atoms. The molecule has 1 atom stereocenters. The molecule has 1 amide bonds. The van der Waals surface area contributed by atoms with E-state index < -0.39 is 30.2 Å². The summed E-state index contributed by atoms with van der Waals surface area (Å²) in [5.41, 5.74) is 1.10. The van der Waals surface area contributed by atoms with E-state index in [4.69, 9.17) is 13.9 Å². The summed E-state index contributed by atoms with van der Waals surface area (Å²) < 4.78 is 17.4. The highest BCUT2D eigenvalue weighted by Crippen LogP contribution is 2.42. The van der Waals surface area contributed by atoms with Crippen LogP contribution in [0.3, 0.4) is 0 Å². The SMILES string of the molecule is CCc1cc(=O)oc2c3c(cc(OCC(=O)N[C@H](CC)C(=O)[O-])c12)OC(C)(C)CC3. The van der Waals surface area contributed by atoms with Crippen molar-refractivity contribution in [3.05, 3.63) is 33.7 Å². The number of ether oxygens (including phenoxy) is 2. The number of aliphatic carboxylic acids is 1. The standard InChI is InChI=1S/C22H27NO7/c1-5-12-9-18(25)29-20-13-7-8-22(3,4)30-15(13)10-16(19(12)20)28-11-17(24)23-14(6-2)21(26)27/h9-10,14H,5-8,11H2,1-4H3,(H,23,24)(H,26,27)/p-1/t14-/m1/s1. The van der Waals surface area contributed by atoms with Crippen molar-refractivity contribution < 1.29 is 28.6 Å². The van der Waals surface area contributed by atoms with Gasteiger partial charge >= 0.3 is 5.63 Å². The minimum Gasteiger partial charge on any atom is -0.548 e. The average molecular weight is 416 g/mol. The lowest BCUT2D eigenvalue weighted by atomic mass is 9.92. The van der Waals surface area contributed by atoms with E-state index in [1.54, 1.807) is 13.0 Å². The van der Waals surface area contributed by atoms with Gasteiger partial charge < -0.3 is 29.1 Å². The summed E-state index contributed by atoms with van der Waals surface area (Å²) >= 11 is 0. The van der Waals surface area contributed by atoms with E-state index in [2.05, 4.69) is 5.32 Å². The molecule has 8 nitrogen and oxygen atoms in total. The van der Waals surface area contributed by atoms with Gasteiger partial charge in [-0.25, -0.2) is 4.79 Å². The molecule has 0 saturated carbocycles. The first-order valence-corrected chi connectivity index (χ1v) is 10.1. The maximum Gasteiger partial charge on any atom is 0.336 e. The predicted octanol–water partition coefficient (Wildman–Crippen LogP) is 1.48. The number of amides is 1. The third-order valence-electron chi connectivity index (χ3n) is 5.25. The lowest BCUT2D eigenvalue weighted by molar-refractivity contribution is -0.308. The number of carboxylic acid groups (broad SMARTS) is 1. The molecule has 0 saturated heterocycles. The van der Waals surface area contributed by atoms with Gasteiger partial charge in [-0.15, -0.1) is 0 Å². The number of aryl methyl sites for hydroxylation is 2. The van der Waals surface area contributed by atoms with E-state index in [-0.39, 0.29) is 12.0 Å². The van der Waals surface area contributed by atoms with Crippen LogP contribution < -0.4 is 25.5 Å². The summed E-state index contributed by atoms with van der Waals surface area (Å²) in [6.45, 7) is 7.08. The van der Waals surface area contributed by atoms with Gasteiger partial charge in [-0.1, -0.05) is 13.8 Å². The first kappa shape index (κ1) is 21.7. The van der Waals surface area contributed by atoms with Crippen molar-refractivity contribution in [1.82, 2.24) is 5.32 Å². The Morgan fingerprint density at radius 3 is 2.67 bits per heavy atom. The van der Waals surface area contributed by atoms with E-state index in [0.29, 0.717) is 35.3 Å². The highest BCUT2D eigenvalue weighted by Gasteiger charge is 2.30. The van der Waals surface area contributed by atoms with Gasteiger partial charge in [0.1, 0.15) is 22.7 Å². The van der Waals surface area contributed by atoms with Crippen LogP contribution in [0.2, 0.25) is 0 Å². The number of nitrogens with one attached hydrogen (secondary N) is 1. The fourth-order valence-corrected chi connectivity index (χ4v) is 3.62. The number of rotatable bonds is 7. The lowest BCUT2D eigenvalue weighted by Crippen LogP contribution is -2.48. The molecule has 0 spiro atoms. The Kier molecular flexibility index (Phi) is 6.05. The number of carboxylic acids is 1. The molecule has 0 aliphatic carbocycles. The summed E-state index contributed by atoms with van der Waals surface area (Å²) in [5, 5.41) is 14.0. The van der Waals surface area contributed by atoms with Gasteiger partial charge in [0.15, 0.2) is 6.61 Å². The second-order valence-electron chi connectivity index (χ2n) is 8.00. The maximum atomic E-state index is 12.2. The molecule has 1 N–H and O–H groups in total. The smallest absolute Gasteiger partial charge is 0.336 e. The maximum absolute atomic E-state index is 12.2. The number of hydrogen-bond acceptors (Lipinski definition) is 7. The van der Waals surface area contributed by atoms with Gasteiger partial charge in [-0.05, 0) is 45.1 Å². The van der Waals surface area contributed by atoms with Crippen LogP contribution in [0.4, 0.5) is 0 Å². The summed E-state index contributed by atoms with van der Waals surface area (Å²) in [6.07, 6.45) is 2.21. The predicted molar refractivity (Wildman–Crippen MR) is 108 cm³/mol. The Bertz CT molecular complexity index is 1040. The normalized spacial score (nSPS) is 15.7. The first-order valence-electron chi connectivity index (χ1n) is 10.1. The van der Waals surface area contributed by atoms with E-state index in [1.165, 1.54) is 6.07 Å². The summed E-state index contributed by atoms with van der Waals surface area (Å²) in [7, 11) is 0. The second kappa shape index (κ2) is 8.38. The molecule has 2 heterocycles. The number of benzene rings is 1. The van der Waals surface area contributed by atoms with E-state index in [0.717, 1.165) is 17.5 Å². The Morgan fingerprint density at radius 1 is 1.30 bits per heavy atom. The van der Waals surface area contributed by atoms with Crippen molar-refractivity contribution in [3.63, 3.8) is 0 Å². The van der Waals surface area contributed by atoms with Crippen LogP contribution in [0.5, 0.6) is 11.5 Å². The lowest BCUT2D eigenvalue weighted by Gasteiger charge is -2.33. The fraction of sp³-hybridized carbons (Fsp3) is 0.500. The van der Waals surface area contributed by atoms with Crippen LogP contribution in [0.25, 0.3) is 11.0 Å². The van der Waals surface area contributed by atoms with E-state index in [1.807, 2.05) is 20.8 Å². The third kappa shape index (κ3) is 4.42. The van der Waals surface area contributed by atoms with Gasteiger partial charge in [-0.3, -0.25) is 4.79 Å². The van der Waals surface area contributed by atoms with Crippen LogP contribution in [-0.4, -0.2) is 30.1 Å². The minimum absolute atomic E-state index is 0.198. The van der Waals surface area contributed by atoms with Crippen molar-refractivity contribution in [3.8, 4) is 11.5 Å². The van der Waals surface area contributed by atoms with E-state index >= 15 is 0 Å². The molecule has 30 heavy (non-hydrogen) atoms. The molecular formula is C22H26NO7-. The number of fused-ring (bicyclic) bond motifs is 3. The van der Waals surface area contributed by atoms with Crippen LogP contribution in [0.15, 0.2) is 21.3 Å². The van der Waals surface area contributed by atoms with Crippen LogP contribution >= 0.6 is 0 Å². The molecule has 1 aromatic carbocycles. The molecular weight excluding hydrogens is 390 g/mol. The van der Waals surface area contributed by atoms with Gasteiger partial charge in [0.05, 0.1) is 17.4 Å². The zero-order chi connectivity index (χ0) is 22.1. The topological polar surface area (TPSA) is 118 Å². The highest BCUT2D eigenvalue weighted by atomic mass is 16.5. The third-order valence-corrected chi connectivity index (χ3v) is 5.25. The average Bonchev–Trinajstić information content (AvgIpc) is 2.68. The molecule has 1 aliphatic heterocycles. The zero-order valence-electron chi connectivity index (χ0n) is 17.6. The Labute approximate surface area is 174 Å². The fourth-order valence-electron chi connectivity index (χ4n) is 3.62. The van der Waals surface area contributed by atoms with Gasteiger partial charge in [-0.2, -0.15) is 0 Å². The molecule has 1 aliphatic rings. The van der Waals surface area contributed by atoms with Crippen molar-refractivity contribution in [2.24, 2.45) is 0 Å². The van der Waals surface area contributed by atoms with Gasteiger partial charge in [0.2, 0.25) is 0 Å². The van der Waals surface area contributed by atoms with Crippen LogP contribution in [0, 0.1) is 0 Å². The summed E-state index contributed by atoms with van der Waals surface area (Å²) in [5.74, 6) is -1.05. The van der Waals surface area contributed by atoms with Crippen molar-refractivity contribution in [2.45, 2.75) is 65.0 Å². The molecule has 0 fully saturated rings. The molecule has 1 aromatic heterocycles. The summed E-state index contributed by atoms with van der Waals surface area (Å²) in [6, 6.07) is 2.04. The molecule has 3 rings (SSSR count). The minimum atomic E-state index is -1.35. The van der Waals surface area contributed by atoms with Crippen molar-refractivity contribution in [1.29, 1.82) is 0 Å². The Morgan fingerprint density at radius 2 is 2.03 bits per heavy atom. The monoisotopic (exact) mass is 416 g/mol. The number of carbonyl (C=O) groups excluding carboxylic acids is 2. The molecule has 8 heteroatoms. The quantitative estimate of drug-likeness (QED) is 0.679. The molecule has 0 radical (unpaired) electrons. The van der Waals surface area contributed by atoms with Crippen LogP contribution in [-0.2, 0) is 22.4 Å². The Hall–Kier alpha value is -3.03. The zero-order valence-corrected chi connectivity index (χ0v) is 17.6. The van der Waals surface area contributed by atoms with Gasteiger partial charge in [0.25, 0.3) is 5.91 Å². The first-order chi connectivity index (χ1) is 14.1. The van der Waals surface area contributed by atoms with Crippen molar-refractivity contribution >= 4 is 22.8 Å². The van der Waals surface area contributed by atoms with Crippen molar-refractivity contribution in [2.75, 3.05) is 6.61 Å². The Balaban J connectivity index is 2.00. The molecule has 2 aromatic rings. The van der Waals surface area contributed by atoms with Gasteiger partial charge in [0, 0.05) is 17.7 Å². The van der Waals surface area contributed by atoms with Crippen LogP contribution in [0.1, 0.15) is 51.7 Å².